The Morgan fingerprint density at radius 2 is 1.81 bits per heavy atom. The van der Waals surface area contributed by atoms with Gasteiger partial charge in [0.2, 0.25) is 0 Å². The van der Waals surface area contributed by atoms with Crippen LogP contribution in [0.1, 0.15) is 10.4 Å². The maximum Gasteiger partial charge on any atom is 0.422 e. The van der Waals surface area contributed by atoms with Crippen LogP contribution in [0.2, 0.25) is 0 Å². The fraction of sp³-hybridized carbons (Fsp3) is 0.125. The number of carbonyl (C=O) groups is 1. The fourth-order valence-electron chi connectivity index (χ4n) is 2.07. The molecule has 1 amide bonds. The first-order valence-electron chi connectivity index (χ1n) is 7.07. The maximum atomic E-state index is 13.2. The summed E-state index contributed by atoms with van der Waals surface area (Å²) in [5, 5.41) is 2.52. The van der Waals surface area contributed by atoms with Gasteiger partial charge in [0.25, 0.3) is 5.91 Å². The molecule has 1 N–H and O–H groups in total. The smallest absolute Gasteiger partial charge is 0.422 e. The molecule has 0 unspecified atom stereocenters. The number of rotatable bonds is 4. The van der Waals surface area contributed by atoms with Crippen LogP contribution in [0, 0.1) is 11.6 Å². The molecule has 2 aromatic carbocycles. The third kappa shape index (κ3) is 4.45. The standard InChI is InChI=1S/C16H9F5N2O2S/c17-9-3-8(4-10(18)5-9)14(24)23-15-22-12-2-1-11(6-13(12)26-15)25-7-16(19,20)21/h1-6H,7H2,(H,22,23,24). The molecule has 26 heavy (non-hydrogen) atoms. The molecule has 3 rings (SSSR count). The van der Waals surface area contributed by atoms with Gasteiger partial charge in [-0.1, -0.05) is 11.3 Å². The van der Waals surface area contributed by atoms with E-state index in [4.69, 9.17) is 0 Å². The second-order valence-electron chi connectivity index (χ2n) is 5.16. The van der Waals surface area contributed by atoms with Gasteiger partial charge >= 0.3 is 6.18 Å². The molecule has 4 nitrogen and oxygen atoms in total. The molecule has 10 heteroatoms. The first kappa shape index (κ1) is 18.1. The van der Waals surface area contributed by atoms with Crippen molar-refractivity contribution in [3.63, 3.8) is 0 Å². The summed E-state index contributed by atoms with van der Waals surface area (Å²) < 4.78 is 68.0. The summed E-state index contributed by atoms with van der Waals surface area (Å²) in [5.74, 6) is -2.56. The van der Waals surface area contributed by atoms with Gasteiger partial charge in [-0.15, -0.1) is 0 Å². The minimum atomic E-state index is -4.46. The predicted molar refractivity (Wildman–Crippen MR) is 85.5 cm³/mol. The van der Waals surface area contributed by atoms with Gasteiger partial charge in [-0.25, -0.2) is 13.8 Å². The molecule has 0 fully saturated rings. The van der Waals surface area contributed by atoms with Gasteiger partial charge in [-0.05, 0) is 30.3 Å². The number of aromatic nitrogens is 1. The van der Waals surface area contributed by atoms with Crippen molar-refractivity contribution >= 4 is 32.6 Å². The van der Waals surface area contributed by atoms with Crippen LogP contribution in [0.15, 0.2) is 36.4 Å². The molecule has 1 aromatic heterocycles. The van der Waals surface area contributed by atoms with Crippen molar-refractivity contribution in [3.05, 3.63) is 53.6 Å². The molecule has 0 saturated carbocycles. The zero-order chi connectivity index (χ0) is 18.9. The van der Waals surface area contributed by atoms with E-state index in [2.05, 4.69) is 15.0 Å². The van der Waals surface area contributed by atoms with Crippen LogP contribution >= 0.6 is 11.3 Å². The van der Waals surface area contributed by atoms with Crippen LogP contribution in [0.4, 0.5) is 27.1 Å². The summed E-state index contributed by atoms with van der Waals surface area (Å²) in [6, 6.07) is 6.49. The number of carbonyl (C=O) groups excluding carboxylic acids is 1. The zero-order valence-corrected chi connectivity index (χ0v) is 13.5. The first-order chi connectivity index (χ1) is 12.2. The van der Waals surface area contributed by atoms with Crippen LogP contribution in [0.25, 0.3) is 10.2 Å². The summed E-state index contributed by atoms with van der Waals surface area (Å²) in [6.45, 7) is -1.42. The highest BCUT2D eigenvalue weighted by Gasteiger charge is 2.28. The lowest BCUT2D eigenvalue weighted by Crippen LogP contribution is -2.19. The molecule has 0 spiro atoms. The van der Waals surface area contributed by atoms with Gasteiger partial charge in [0.05, 0.1) is 10.2 Å². The van der Waals surface area contributed by atoms with Gasteiger partial charge in [0.15, 0.2) is 11.7 Å². The van der Waals surface area contributed by atoms with Crippen LogP contribution in [-0.4, -0.2) is 23.7 Å². The SMILES string of the molecule is O=C(Nc1nc2ccc(OCC(F)(F)F)cc2s1)c1cc(F)cc(F)c1. The Balaban J connectivity index is 1.77. The van der Waals surface area contributed by atoms with Crippen LogP contribution in [0.3, 0.4) is 0 Å². The number of nitrogens with zero attached hydrogens (tertiary/aromatic N) is 1. The van der Waals surface area contributed by atoms with E-state index in [0.29, 0.717) is 16.3 Å². The molecule has 0 aliphatic carbocycles. The Kier molecular flexibility index (Phi) is 4.77. The summed E-state index contributed by atoms with van der Waals surface area (Å²) in [7, 11) is 0. The number of alkyl halides is 3. The first-order valence-corrected chi connectivity index (χ1v) is 7.89. The number of anilines is 1. The Hall–Kier alpha value is -2.75. The lowest BCUT2D eigenvalue weighted by atomic mass is 10.2. The van der Waals surface area contributed by atoms with E-state index < -0.39 is 30.3 Å². The van der Waals surface area contributed by atoms with Crippen LogP contribution in [0.5, 0.6) is 5.75 Å². The number of hydrogen-bond donors (Lipinski definition) is 1. The van der Waals surface area contributed by atoms with Crippen molar-refractivity contribution in [3.8, 4) is 5.75 Å². The van der Waals surface area contributed by atoms with Crippen molar-refractivity contribution in [2.45, 2.75) is 6.18 Å². The quantitative estimate of drug-likeness (QED) is 0.656. The predicted octanol–water partition coefficient (Wildman–Crippen LogP) is 4.77. The Bertz CT molecular complexity index is 951. The van der Waals surface area contributed by atoms with Crippen molar-refractivity contribution in [1.29, 1.82) is 0 Å². The summed E-state index contributed by atoms with van der Waals surface area (Å²) in [6.07, 6.45) is -4.46. The molecule has 1 heterocycles. The van der Waals surface area contributed by atoms with E-state index in [-0.39, 0.29) is 16.4 Å². The summed E-state index contributed by atoms with van der Waals surface area (Å²) in [4.78, 5) is 16.1. The average molecular weight is 388 g/mol. The molecule has 0 atom stereocenters. The molecule has 0 bridgehead atoms. The lowest BCUT2D eigenvalue weighted by Gasteiger charge is -2.08. The van der Waals surface area contributed by atoms with Gasteiger partial charge < -0.3 is 4.74 Å². The second kappa shape index (κ2) is 6.87. The van der Waals surface area contributed by atoms with E-state index in [9.17, 15) is 26.7 Å². The van der Waals surface area contributed by atoms with E-state index in [0.717, 1.165) is 23.5 Å². The largest absolute Gasteiger partial charge is 0.484 e. The minimum absolute atomic E-state index is 0.00329. The minimum Gasteiger partial charge on any atom is -0.484 e. The van der Waals surface area contributed by atoms with Gasteiger partial charge in [-0.2, -0.15) is 13.2 Å². The topological polar surface area (TPSA) is 51.2 Å². The van der Waals surface area contributed by atoms with Gasteiger partial charge in [0.1, 0.15) is 17.4 Å². The highest BCUT2D eigenvalue weighted by Crippen LogP contribution is 2.30. The maximum absolute atomic E-state index is 13.2. The van der Waals surface area contributed by atoms with E-state index in [1.807, 2.05) is 0 Å². The number of halogens is 5. The second-order valence-corrected chi connectivity index (χ2v) is 6.20. The molecule has 0 radical (unpaired) electrons. The van der Waals surface area contributed by atoms with Crippen molar-refractivity contribution in [1.82, 2.24) is 4.98 Å². The highest BCUT2D eigenvalue weighted by molar-refractivity contribution is 7.22. The molecular weight excluding hydrogens is 379 g/mol. The lowest BCUT2D eigenvalue weighted by molar-refractivity contribution is -0.153. The monoisotopic (exact) mass is 388 g/mol. The highest BCUT2D eigenvalue weighted by atomic mass is 32.1. The fourth-order valence-corrected chi connectivity index (χ4v) is 2.96. The molecule has 136 valence electrons. The number of thiazole rings is 1. The van der Waals surface area contributed by atoms with E-state index in [1.165, 1.54) is 18.2 Å². The summed E-state index contributed by atoms with van der Waals surface area (Å²) >= 11 is 0.984. The van der Waals surface area contributed by atoms with E-state index in [1.54, 1.807) is 0 Å². The van der Waals surface area contributed by atoms with Crippen molar-refractivity contribution in [2.75, 3.05) is 11.9 Å². The Morgan fingerprint density at radius 1 is 1.12 bits per heavy atom. The molecule has 0 aliphatic heterocycles. The number of amides is 1. The van der Waals surface area contributed by atoms with E-state index >= 15 is 0 Å². The average Bonchev–Trinajstić information content (AvgIpc) is 2.92. The summed E-state index contributed by atoms with van der Waals surface area (Å²) in [5.41, 5.74) is 0.200. The third-order valence-electron chi connectivity index (χ3n) is 3.11. The van der Waals surface area contributed by atoms with Crippen LogP contribution < -0.4 is 10.1 Å². The number of benzene rings is 2. The van der Waals surface area contributed by atoms with Gasteiger partial charge in [-0.3, -0.25) is 10.1 Å². The molecule has 0 aliphatic rings. The molecular formula is C16H9F5N2O2S. The zero-order valence-electron chi connectivity index (χ0n) is 12.7. The Labute approximate surface area is 147 Å². The molecule has 0 saturated heterocycles. The normalized spacial score (nSPS) is 11.6. The number of hydrogen-bond acceptors (Lipinski definition) is 4. The Morgan fingerprint density at radius 3 is 2.46 bits per heavy atom. The van der Waals surface area contributed by atoms with Crippen LogP contribution in [-0.2, 0) is 0 Å². The molecule has 3 aromatic rings. The number of fused-ring (bicyclic) bond motifs is 1. The van der Waals surface area contributed by atoms with Crippen molar-refractivity contribution in [2.24, 2.45) is 0 Å². The van der Waals surface area contributed by atoms with Gasteiger partial charge in [0, 0.05) is 11.6 Å². The van der Waals surface area contributed by atoms with Crippen molar-refractivity contribution < 1.29 is 31.5 Å². The number of nitrogens with one attached hydrogen (secondary N) is 1. The number of ether oxygens (including phenoxy) is 1. The third-order valence-corrected chi connectivity index (χ3v) is 4.04.